The van der Waals surface area contributed by atoms with Crippen LogP contribution in [0, 0.1) is 11.8 Å². The molecule has 1 saturated heterocycles. The third-order valence-corrected chi connectivity index (χ3v) is 10.4. The van der Waals surface area contributed by atoms with Crippen molar-refractivity contribution in [1.29, 1.82) is 0 Å². The molecule has 0 saturated carbocycles. The topological polar surface area (TPSA) is 219 Å². The first-order chi connectivity index (χ1) is 25.8. The van der Waals surface area contributed by atoms with Crippen LogP contribution < -0.4 is 0 Å². The number of ether oxygens (including phenoxy) is 3. The molecule has 316 valence electrons. The highest BCUT2D eigenvalue weighted by Gasteiger charge is 2.35. The number of aliphatic hydroxyl groups excluding tert-OH is 5. The SMILES string of the molecule is CCCCC[C@H](O)/C=C/[C@H]1OC(O)C[C@H](O)[C@@H]1C/C=C\CCCC(=O)OC[C@H](COP(=O)(O)OC[C@@H](O)CO)OC(=O)CCCCCCCCC(C)CC. The second kappa shape index (κ2) is 30.4. The van der Waals surface area contributed by atoms with E-state index in [1.807, 2.05) is 12.2 Å². The summed E-state index contributed by atoms with van der Waals surface area (Å²) in [4.78, 5) is 35.0. The van der Waals surface area contributed by atoms with E-state index in [1.165, 1.54) is 19.3 Å². The summed E-state index contributed by atoms with van der Waals surface area (Å²) in [6.07, 6.45) is 15.1. The number of aliphatic hydroxyl groups is 5. The van der Waals surface area contributed by atoms with Crippen LogP contribution in [0.25, 0.3) is 0 Å². The molecule has 9 atom stereocenters. The Balaban J connectivity index is 2.56. The first-order valence-electron chi connectivity index (χ1n) is 20.1. The van der Waals surface area contributed by atoms with Crippen LogP contribution >= 0.6 is 7.82 Å². The van der Waals surface area contributed by atoms with Gasteiger partial charge in [-0.3, -0.25) is 18.6 Å². The number of unbranched alkanes of at least 4 members (excludes halogenated alkanes) is 8. The zero-order chi connectivity index (χ0) is 40.2. The lowest BCUT2D eigenvalue weighted by molar-refractivity contribution is -0.199. The molecule has 54 heavy (non-hydrogen) atoms. The number of hydrogen-bond donors (Lipinski definition) is 6. The van der Waals surface area contributed by atoms with Crippen molar-refractivity contribution in [3.63, 3.8) is 0 Å². The maximum atomic E-state index is 12.6. The van der Waals surface area contributed by atoms with Crippen molar-refractivity contribution in [2.75, 3.05) is 26.4 Å². The number of hydrogen-bond acceptors (Lipinski definition) is 13. The van der Waals surface area contributed by atoms with Gasteiger partial charge in [0.05, 0.1) is 38.1 Å². The summed E-state index contributed by atoms with van der Waals surface area (Å²) >= 11 is 0. The average molecular weight is 795 g/mol. The van der Waals surface area contributed by atoms with Crippen LogP contribution in [0.5, 0.6) is 0 Å². The minimum absolute atomic E-state index is 0.0481. The van der Waals surface area contributed by atoms with Gasteiger partial charge in [0.1, 0.15) is 12.7 Å². The number of esters is 2. The molecule has 14 nitrogen and oxygen atoms in total. The van der Waals surface area contributed by atoms with E-state index in [0.29, 0.717) is 32.1 Å². The Bertz CT molecular complexity index is 1090. The van der Waals surface area contributed by atoms with Crippen LogP contribution in [-0.4, -0.2) is 106 Å². The summed E-state index contributed by atoms with van der Waals surface area (Å²) in [6.45, 7) is 4.18. The van der Waals surface area contributed by atoms with E-state index >= 15 is 0 Å². The third-order valence-electron chi connectivity index (χ3n) is 9.44. The Morgan fingerprint density at radius 2 is 1.54 bits per heavy atom. The standard InChI is InChI=1S/C39H71O14P/c1-4-6-13-19-31(41)23-24-36-34(35(43)25-39(46)53-36)20-15-11-12-16-21-37(44)49-28-33(29-51-54(47,48)50-27-32(42)26-40)52-38(45)22-17-10-8-7-9-14-18-30(3)5-2/h11,15,23-24,30-36,39-43,46H,4-10,12-14,16-22,25-29H2,1-3H3,(H,47,48)/b15-11-,24-23+/t30?,31-,32-,33+,34-,35-,36+,39?/m0/s1. The quantitative estimate of drug-likeness (QED) is 0.0206. The summed E-state index contributed by atoms with van der Waals surface area (Å²) in [6, 6.07) is 0. The van der Waals surface area contributed by atoms with E-state index in [4.69, 9.17) is 23.8 Å². The van der Waals surface area contributed by atoms with Crippen LogP contribution in [0.1, 0.15) is 136 Å². The van der Waals surface area contributed by atoms with E-state index in [0.717, 1.165) is 50.9 Å². The molecular formula is C39H71O14P. The van der Waals surface area contributed by atoms with Crippen molar-refractivity contribution < 1.29 is 67.8 Å². The summed E-state index contributed by atoms with van der Waals surface area (Å²) < 4.78 is 38.2. The molecule has 0 radical (unpaired) electrons. The fourth-order valence-electron chi connectivity index (χ4n) is 5.83. The Hall–Kier alpha value is -1.71. The highest BCUT2D eigenvalue weighted by molar-refractivity contribution is 7.47. The Morgan fingerprint density at radius 3 is 2.24 bits per heavy atom. The minimum Gasteiger partial charge on any atom is -0.462 e. The monoisotopic (exact) mass is 794 g/mol. The number of carbonyl (C=O) groups is 2. The highest BCUT2D eigenvalue weighted by Crippen LogP contribution is 2.43. The molecule has 6 N–H and O–H groups in total. The van der Waals surface area contributed by atoms with Gasteiger partial charge < -0.3 is 44.6 Å². The number of phosphoric ester groups is 1. The molecule has 1 heterocycles. The van der Waals surface area contributed by atoms with Crippen molar-refractivity contribution in [3.8, 4) is 0 Å². The Morgan fingerprint density at radius 1 is 0.870 bits per heavy atom. The average Bonchev–Trinajstić information content (AvgIpc) is 3.13. The van der Waals surface area contributed by atoms with Crippen molar-refractivity contribution >= 4 is 19.8 Å². The lowest BCUT2D eigenvalue weighted by Gasteiger charge is -2.36. The molecule has 1 aliphatic rings. The number of phosphoric acid groups is 1. The second-order valence-corrected chi connectivity index (χ2v) is 15.9. The lowest BCUT2D eigenvalue weighted by Crippen LogP contribution is -2.43. The molecule has 1 rings (SSSR count). The number of allylic oxidation sites excluding steroid dienone is 2. The molecule has 1 aliphatic heterocycles. The minimum atomic E-state index is -4.68. The molecule has 15 heteroatoms. The number of carbonyl (C=O) groups excluding carboxylic acids is 2. The van der Waals surface area contributed by atoms with Crippen LogP contribution in [0.15, 0.2) is 24.3 Å². The van der Waals surface area contributed by atoms with Gasteiger partial charge in [-0.15, -0.1) is 0 Å². The molecular weight excluding hydrogens is 723 g/mol. The van der Waals surface area contributed by atoms with Gasteiger partial charge in [-0.1, -0.05) is 109 Å². The van der Waals surface area contributed by atoms with Gasteiger partial charge in [-0.25, -0.2) is 4.57 Å². The summed E-state index contributed by atoms with van der Waals surface area (Å²) in [7, 11) is -4.68. The molecule has 0 aromatic carbocycles. The molecule has 1 fully saturated rings. The smallest absolute Gasteiger partial charge is 0.462 e. The van der Waals surface area contributed by atoms with E-state index in [1.54, 1.807) is 12.2 Å². The normalized spacial score (nSPS) is 22.5. The van der Waals surface area contributed by atoms with Crippen LogP contribution in [0.4, 0.5) is 0 Å². The molecule has 0 spiro atoms. The van der Waals surface area contributed by atoms with Gasteiger partial charge in [0, 0.05) is 25.2 Å². The Labute approximate surface area is 322 Å². The highest BCUT2D eigenvalue weighted by atomic mass is 31.2. The lowest BCUT2D eigenvalue weighted by atomic mass is 9.87. The van der Waals surface area contributed by atoms with Crippen molar-refractivity contribution in [3.05, 3.63) is 24.3 Å². The number of rotatable bonds is 32. The van der Waals surface area contributed by atoms with Gasteiger partial charge in [-0.2, -0.15) is 0 Å². The summed E-state index contributed by atoms with van der Waals surface area (Å²) in [5, 5.41) is 49.2. The zero-order valence-corrected chi connectivity index (χ0v) is 33.8. The summed E-state index contributed by atoms with van der Waals surface area (Å²) in [5.74, 6) is -0.712. The van der Waals surface area contributed by atoms with Gasteiger partial charge in [0.15, 0.2) is 12.4 Å². The van der Waals surface area contributed by atoms with Gasteiger partial charge in [0.2, 0.25) is 0 Å². The fraction of sp³-hybridized carbons (Fsp3) is 0.846. The predicted octanol–water partition coefficient (Wildman–Crippen LogP) is 5.79. The van der Waals surface area contributed by atoms with Crippen LogP contribution in [-0.2, 0) is 37.4 Å². The maximum Gasteiger partial charge on any atom is 0.472 e. The molecule has 0 amide bonds. The molecule has 3 unspecified atom stereocenters. The van der Waals surface area contributed by atoms with E-state index in [-0.39, 0.29) is 25.2 Å². The molecule has 0 aromatic heterocycles. The summed E-state index contributed by atoms with van der Waals surface area (Å²) in [5.41, 5.74) is 0. The first kappa shape index (κ1) is 50.3. The second-order valence-electron chi connectivity index (χ2n) is 14.4. The van der Waals surface area contributed by atoms with Gasteiger partial charge in [-0.05, 0) is 38.0 Å². The van der Waals surface area contributed by atoms with E-state index in [9.17, 15) is 39.5 Å². The molecule has 0 bridgehead atoms. The fourth-order valence-corrected chi connectivity index (χ4v) is 6.62. The predicted molar refractivity (Wildman–Crippen MR) is 204 cm³/mol. The molecule has 0 aliphatic carbocycles. The van der Waals surface area contributed by atoms with Crippen molar-refractivity contribution in [2.24, 2.45) is 11.8 Å². The van der Waals surface area contributed by atoms with Crippen LogP contribution in [0.3, 0.4) is 0 Å². The van der Waals surface area contributed by atoms with Gasteiger partial charge in [0.25, 0.3) is 0 Å². The largest absolute Gasteiger partial charge is 0.472 e. The van der Waals surface area contributed by atoms with Crippen molar-refractivity contribution in [1.82, 2.24) is 0 Å². The molecule has 0 aromatic rings. The van der Waals surface area contributed by atoms with Gasteiger partial charge >= 0.3 is 19.8 Å². The zero-order valence-electron chi connectivity index (χ0n) is 32.9. The van der Waals surface area contributed by atoms with Crippen molar-refractivity contribution in [2.45, 2.75) is 173 Å². The Kier molecular flexibility index (Phi) is 28.4. The first-order valence-corrected chi connectivity index (χ1v) is 21.6. The van der Waals surface area contributed by atoms with E-state index < -0.39 is 83.0 Å². The maximum absolute atomic E-state index is 12.6. The van der Waals surface area contributed by atoms with Crippen LogP contribution in [0.2, 0.25) is 0 Å². The van der Waals surface area contributed by atoms with E-state index in [2.05, 4.69) is 25.3 Å². The third kappa shape index (κ3) is 25.4.